The van der Waals surface area contributed by atoms with E-state index in [4.69, 9.17) is 5.73 Å². The number of aryl methyl sites for hydroxylation is 1. The van der Waals surface area contributed by atoms with E-state index in [1.54, 1.807) is 25.2 Å². The molecule has 0 aliphatic heterocycles. The van der Waals surface area contributed by atoms with Crippen LogP contribution in [-0.2, 0) is 10.0 Å². The van der Waals surface area contributed by atoms with Crippen LogP contribution in [-0.4, -0.2) is 15.5 Å². The summed E-state index contributed by atoms with van der Waals surface area (Å²) in [5.41, 5.74) is 7.70. The maximum atomic E-state index is 12.7. The van der Waals surface area contributed by atoms with Gasteiger partial charge in [0.1, 0.15) is 4.90 Å². The highest BCUT2D eigenvalue weighted by Crippen LogP contribution is 2.30. The lowest BCUT2D eigenvalue weighted by Gasteiger charge is -2.22. The SMILES string of the molecule is Cc1ccccc1N(C)S(=O)(=O)c1ccc(N)cc1Br. The molecule has 0 atom stereocenters. The molecule has 6 heteroatoms. The summed E-state index contributed by atoms with van der Waals surface area (Å²) in [6.07, 6.45) is 0. The third-order valence-corrected chi connectivity index (χ3v) is 5.80. The highest BCUT2D eigenvalue weighted by Gasteiger charge is 2.24. The van der Waals surface area contributed by atoms with Gasteiger partial charge in [-0.1, -0.05) is 18.2 Å². The summed E-state index contributed by atoms with van der Waals surface area (Å²) >= 11 is 3.26. The van der Waals surface area contributed by atoms with Crippen molar-refractivity contribution in [1.82, 2.24) is 0 Å². The van der Waals surface area contributed by atoms with Crippen molar-refractivity contribution in [3.63, 3.8) is 0 Å². The number of hydrogen-bond acceptors (Lipinski definition) is 3. The van der Waals surface area contributed by atoms with Gasteiger partial charge in [-0.05, 0) is 52.7 Å². The molecule has 2 aromatic rings. The van der Waals surface area contributed by atoms with Gasteiger partial charge in [-0.15, -0.1) is 0 Å². The Morgan fingerprint density at radius 3 is 2.40 bits per heavy atom. The first-order chi connectivity index (χ1) is 9.34. The van der Waals surface area contributed by atoms with E-state index in [0.717, 1.165) is 5.56 Å². The fraction of sp³-hybridized carbons (Fsp3) is 0.143. The van der Waals surface area contributed by atoms with Crippen LogP contribution in [0.3, 0.4) is 0 Å². The molecule has 20 heavy (non-hydrogen) atoms. The van der Waals surface area contributed by atoms with Gasteiger partial charge in [0.2, 0.25) is 0 Å². The van der Waals surface area contributed by atoms with Crippen LogP contribution in [0.4, 0.5) is 11.4 Å². The van der Waals surface area contributed by atoms with Crippen LogP contribution in [0.5, 0.6) is 0 Å². The average molecular weight is 355 g/mol. The van der Waals surface area contributed by atoms with Crippen LogP contribution < -0.4 is 10.0 Å². The molecule has 0 unspecified atom stereocenters. The highest BCUT2D eigenvalue weighted by molar-refractivity contribution is 9.10. The zero-order chi connectivity index (χ0) is 14.9. The number of halogens is 1. The van der Waals surface area contributed by atoms with Crippen molar-refractivity contribution in [2.75, 3.05) is 17.1 Å². The van der Waals surface area contributed by atoms with Crippen molar-refractivity contribution in [2.45, 2.75) is 11.8 Å². The Labute approximate surface area is 127 Å². The van der Waals surface area contributed by atoms with Crippen molar-refractivity contribution >= 4 is 37.3 Å². The summed E-state index contributed by atoms with van der Waals surface area (Å²) in [5.74, 6) is 0. The number of rotatable bonds is 3. The smallest absolute Gasteiger partial charge is 0.265 e. The van der Waals surface area contributed by atoms with Gasteiger partial charge in [0.25, 0.3) is 10.0 Å². The fourth-order valence-electron chi connectivity index (χ4n) is 1.92. The van der Waals surface area contributed by atoms with Gasteiger partial charge in [-0.2, -0.15) is 0 Å². The van der Waals surface area contributed by atoms with Gasteiger partial charge < -0.3 is 5.73 Å². The Kier molecular flexibility index (Phi) is 4.06. The number of nitrogen functional groups attached to an aromatic ring is 1. The molecule has 0 fully saturated rings. The van der Waals surface area contributed by atoms with E-state index < -0.39 is 10.0 Å². The van der Waals surface area contributed by atoms with E-state index in [0.29, 0.717) is 15.8 Å². The number of para-hydroxylation sites is 1. The van der Waals surface area contributed by atoms with Gasteiger partial charge in [-0.25, -0.2) is 8.42 Å². The van der Waals surface area contributed by atoms with Crippen LogP contribution in [0.2, 0.25) is 0 Å². The zero-order valence-electron chi connectivity index (χ0n) is 11.2. The lowest BCUT2D eigenvalue weighted by molar-refractivity contribution is 0.594. The Morgan fingerprint density at radius 1 is 1.15 bits per heavy atom. The Morgan fingerprint density at radius 2 is 1.80 bits per heavy atom. The molecule has 0 aromatic heterocycles. The molecule has 0 aliphatic rings. The van der Waals surface area contributed by atoms with Crippen molar-refractivity contribution in [3.8, 4) is 0 Å². The number of hydrogen-bond donors (Lipinski definition) is 1. The minimum Gasteiger partial charge on any atom is -0.399 e. The third-order valence-electron chi connectivity index (χ3n) is 3.05. The third kappa shape index (κ3) is 2.66. The quantitative estimate of drug-likeness (QED) is 0.861. The molecule has 2 N–H and O–H groups in total. The first-order valence-electron chi connectivity index (χ1n) is 5.93. The maximum absolute atomic E-state index is 12.7. The molecule has 0 bridgehead atoms. The van der Waals surface area contributed by atoms with Gasteiger partial charge in [0.05, 0.1) is 5.69 Å². The van der Waals surface area contributed by atoms with Crippen molar-refractivity contribution in [2.24, 2.45) is 0 Å². The van der Waals surface area contributed by atoms with E-state index >= 15 is 0 Å². The van der Waals surface area contributed by atoms with E-state index in [9.17, 15) is 8.42 Å². The molecule has 0 saturated carbocycles. The standard InChI is InChI=1S/C14H15BrN2O2S/c1-10-5-3-4-6-13(10)17(2)20(18,19)14-8-7-11(16)9-12(14)15/h3-9H,16H2,1-2H3. The Hall–Kier alpha value is -1.53. The molecular formula is C14H15BrN2O2S. The van der Waals surface area contributed by atoms with Crippen LogP contribution in [0, 0.1) is 6.92 Å². The van der Waals surface area contributed by atoms with Crippen LogP contribution in [0.15, 0.2) is 51.8 Å². The van der Waals surface area contributed by atoms with E-state index in [-0.39, 0.29) is 4.90 Å². The molecule has 0 spiro atoms. The summed E-state index contributed by atoms with van der Waals surface area (Å²) in [6, 6.07) is 12.0. The van der Waals surface area contributed by atoms with Gasteiger partial charge >= 0.3 is 0 Å². The molecule has 2 rings (SSSR count). The zero-order valence-corrected chi connectivity index (χ0v) is 13.6. The molecule has 2 aromatic carbocycles. The molecule has 0 radical (unpaired) electrons. The number of nitrogens with two attached hydrogens (primary N) is 1. The Bertz CT molecular complexity index is 745. The van der Waals surface area contributed by atoms with Crippen molar-refractivity contribution in [3.05, 3.63) is 52.5 Å². The first-order valence-corrected chi connectivity index (χ1v) is 8.17. The number of anilines is 2. The van der Waals surface area contributed by atoms with Gasteiger partial charge in [0.15, 0.2) is 0 Å². The molecule has 0 heterocycles. The van der Waals surface area contributed by atoms with Crippen LogP contribution in [0.25, 0.3) is 0 Å². The lowest BCUT2D eigenvalue weighted by Crippen LogP contribution is -2.27. The predicted molar refractivity (Wildman–Crippen MR) is 85.3 cm³/mol. The fourth-order valence-corrected chi connectivity index (χ4v) is 4.23. The minimum absolute atomic E-state index is 0.192. The molecule has 106 valence electrons. The Balaban J connectivity index is 2.53. The van der Waals surface area contributed by atoms with E-state index in [1.165, 1.54) is 10.4 Å². The number of nitrogens with zero attached hydrogens (tertiary/aromatic N) is 1. The first kappa shape index (κ1) is 14.9. The van der Waals surface area contributed by atoms with Crippen LogP contribution in [0.1, 0.15) is 5.56 Å². The van der Waals surface area contributed by atoms with E-state index in [2.05, 4.69) is 15.9 Å². The topological polar surface area (TPSA) is 63.4 Å². The second kappa shape index (κ2) is 5.46. The monoisotopic (exact) mass is 354 g/mol. The maximum Gasteiger partial charge on any atom is 0.265 e. The van der Waals surface area contributed by atoms with Crippen LogP contribution >= 0.6 is 15.9 Å². The summed E-state index contributed by atoms with van der Waals surface area (Å²) in [4.78, 5) is 0.192. The normalized spacial score (nSPS) is 11.3. The molecule has 4 nitrogen and oxygen atoms in total. The van der Waals surface area contributed by atoms with Crippen molar-refractivity contribution < 1.29 is 8.42 Å². The molecule has 0 aliphatic carbocycles. The summed E-state index contributed by atoms with van der Waals surface area (Å²) < 4.78 is 27.1. The predicted octanol–water partition coefficient (Wildman–Crippen LogP) is 3.16. The summed E-state index contributed by atoms with van der Waals surface area (Å²) in [5, 5.41) is 0. The van der Waals surface area contributed by atoms with Gasteiger partial charge in [-0.3, -0.25) is 4.31 Å². The van der Waals surface area contributed by atoms with Gasteiger partial charge in [0, 0.05) is 17.2 Å². The average Bonchev–Trinajstić information content (AvgIpc) is 2.38. The summed E-state index contributed by atoms with van der Waals surface area (Å²) in [6.45, 7) is 1.87. The highest BCUT2D eigenvalue weighted by atomic mass is 79.9. The second-order valence-electron chi connectivity index (χ2n) is 4.45. The largest absolute Gasteiger partial charge is 0.399 e. The second-order valence-corrected chi connectivity index (χ2v) is 7.24. The molecule has 0 saturated heterocycles. The summed E-state index contributed by atoms with van der Waals surface area (Å²) in [7, 11) is -2.09. The number of sulfonamides is 1. The van der Waals surface area contributed by atoms with E-state index in [1.807, 2.05) is 25.1 Å². The number of benzene rings is 2. The lowest BCUT2D eigenvalue weighted by atomic mass is 10.2. The molecule has 0 amide bonds. The van der Waals surface area contributed by atoms with Crippen molar-refractivity contribution in [1.29, 1.82) is 0 Å². The minimum atomic E-state index is -3.63. The molecular weight excluding hydrogens is 340 g/mol.